The van der Waals surface area contributed by atoms with E-state index < -0.39 is 57.9 Å². The van der Waals surface area contributed by atoms with Crippen LogP contribution in [0.2, 0.25) is 0 Å². The fourth-order valence-corrected chi connectivity index (χ4v) is 7.76. The topological polar surface area (TPSA) is 175 Å². The minimum atomic E-state index is -2.63. The first kappa shape index (κ1) is 28.2. The van der Waals surface area contributed by atoms with Gasteiger partial charge in [-0.3, -0.25) is 19.3 Å². The molecule has 0 bridgehead atoms. The van der Waals surface area contributed by atoms with Gasteiger partial charge in [0, 0.05) is 35.1 Å². The number of amides is 1. The lowest BCUT2D eigenvalue weighted by molar-refractivity contribution is -0.155. The van der Waals surface area contributed by atoms with E-state index in [0.29, 0.717) is 17.7 Å². The number of furan rings is 1. The molecule has 1 aromatic carbocycles. The van der Waals surface area contributed by atoms with Gasteiger partial charge < -0.3 is 30.6 Å². The summed E-state index contributed by atoms with van der Waals surface area (Å²) in [5.41, 5.74) is 4.69. The number of ketones is 2. The Bertz CT molecular complexity index is 1550. The number of primary amides is 1. The lowest BCUT2D eigenvalue weighted by atomic mass is 9.54. The molecule has 10 nitrogen and oxygen atoms in total. The van der Waals surface area contributed by atoms with Crippen molar-refractivity contribution in [3.05, 3.63) is 58.3 Å². The Labute approximate surface area is 243 Å². The van der Waals surface area contributed by atoms with Crippen LogP contribution in [0.4, 0.5) is 0 Å². The third-order valence-electron chi connectivity index (χ3n) is 9.72. The lowest BCUT2D eigenvalue weighted by Crippen LogP contribution is -2.62. The Morgan fingerprint density at radius 2 is 1.88 bits per heavy atom. The van der Waals surface area contributed by atoms with Crippen molar-refractivity contribution < 1.29 is 39.2 Å². The summed E-state index contributed by atoms with van der Waals surface area (Å²) >= 11 is 0. The third-order valence-corrected chi connectivity index (χ3v) is 9.72. The molecule has 3 aliphatic carbocycles. The van der Waals surface area contributed by atoms with Crippen molar-refractivity contribution in [2.45, 2.75) is 58.1 Å². The number of fused-ring (bicyclic) bond motifs is 3. The first-order valence-electron chi connectivity index (χ1n) is 14.6. The molecule has 2 aromatic rings. The van der Waals surface area contributed by atoms with E-state index in [1.807, 2.05) is 6.07 Å². The van der Waals surface area contributed by atoms with Crippen LogP contribution >= 0.6 is 0 Å². The van der Waals surface area contributed by atoms with Gasteiger partial charge in [-0.25, -0.2) is 0 Å². The van der Waals surface area contributed by atoms with Crippen molar-refractivity contribution in [3.8, 4) is 16.9 Å². The largest absolute Gasteiger partial charge is 0.508 e. The van der Waals surface area contributed by atoms with Gasteiger partial charge in [0.05, 0.1) is 18.1 Å². The Kier molecular flexibility index (Phi) is 6.81. The molecule has 1 aromatic heterocycles. The van der Waals surface area contributed by atoms with Crippen molar-refractivity contribution in [2.75, 3.05) is 13.1 Å². The van der Waals surface area contributed by atoms with E-state index in [1.54, 1.807) is 32.4 Å². The van der Waals surface area contributed by atoms with E-state index in [2.05, 4.69) is 4.90 Å². The van der Waals surface area contributed by atoms with E-state index in [0.717, 1.165) is 43.5 Å². The van der Waals surface area contributed by atoms with Gasteiger partial charge in [0.2, 0.25) is 5.78 Å². The third kappa shape index (κ3) is 4.03. The van der Waals surface area contributed by atoms with Crippen molar-refractivity contribution in [3.63, 3.8) is 0 Å². The normalized spacial score (nSPS) is 28.1. The molecule has 0 unspecified atom stereocenters. The maximum atomic E-state index is 14.2. The molecule has 1 saturated carbocycles. The number of aliphatic hydroxyl groups excluding tert-OH is 2. The number of carbonyl (C=O) groups is 3. The van der Waals surface area contributed by atoms with Crippen LogP contribution < -0.4 is 5.73 Å². The molecule has 2 fully saturated rings. The van der Waals surface area contributed by atoms with Gasteiger partial charge in [0.25, 0.3) is 5.91 Å². The van der Waals surface area contributed by atoms with Crippen LogP contribution in [0.1, 0.15) is 56.2 Å². The minimum absolute atomic E-state index is 0.0763. The number of phenolic OH excluding ortho intramolecular Hbond substituents is 1. The van der Waals surface area contributed by atoms with Crippen LogP contribution in [0.25, 0.3) is 16.9 Å². The Balaban J connectivity index is 1.55. The highest BCUT2D eigenvalue weighted by atomic mass is 16.3. The number of likely N-dealkylation sites (tertiary alicyclic amines) is 1. The van der Waals surface area contributed by atoms with Gasteiger partial charge in [-0.15, -0.1) is 0 Å². The predicted molar refractivity (Wildman–Crippen MR) is 152 cm³/mol. The molecule has 0 radical (unpaired) electrons. The van der Waals surface area contributed by atoms with Crippen LogP contribution in [0.5, 0.6) is 5.75 Å². The fraction of sp³-hybridized carbons (Fsp3) is 0.469. The van der Waals surface area contributed by atoms with Gasteiger partial charge in [-0.1, -0.05) is 20.3 Å². The number of hydrogen-bond donors (Lipinski definition) is 5. The van der Waals surface area contributed by atoms with Gasteiger partial charge in [-0.05, 0) is 73.9 Å². The second-order valence-corrected chi connectivity index (χ2v) is 12.5. The van der Waals surface area contributed by atoms with Gasteiger partial charge in [0.1, 0.15) is 22.8 Å². The summed E-state index contributed by atoms with van der Waals surface area (Å²) in [6, 6.07) is 3.70. The lowest BCUT2D eigenvalue weighted by Gasteiger charge is -2.50. The smallest absolute Gasteiger partial charge is 0.255 e. The van der Waals surface area contributed by atoms with Gasteiger partial charge >= 0.3 is 0 Å². The minimum Gasteiger partial charge on any atom is -0.508 e. The maximum Gasteiger partial charge on any atom is 0.255 e. The summed E-state index contributed by atoms with van der Waals surface area (Å²) in [4.78, 5) is 42.0. The zero-order valence-corrected chi connectivity index (χ0v) is 23.7. The first-order valence-corrected chi connectivity index (χ1v) is 14.6. The highest BCUT2D eigenvalue weighted by Gasteiger charge is 2.64. The number of benzene rings is 1. The van der Waals surface area contributed by atoms with Gasteiger partial charge in [0.15, 0.2) is 11.4 Å². The zero-order valence-electron chi connectivity index (χ0n) is 23.7. The highest BCUT2D eigenvalue weighted by molar-refractivity contribution is 6.23. The molecule has 2 heterocycles. The summed E-state index contributed by atoms with van der Waals surface area (Å²) in [5, 5.41) is 46.3. The second kappa shape index (κ2) is 10.1. The molecule has 6 N–H and O–H groups in total. The number of aliphatic hydroxyl groups is 3. The summed E-state index contributed by atoms with van der Waals surface area (Å²) in [6.45, 7) is 5.69. The molecule has 1 amide bonds. The number of piperidine rings is 1. The van der Waals surface area contributed by atoms with Crippen molar-refractivity contribution in [2.24, 2.45) is 29.4 Å². The first-order chi connectivity index (χ1) is 20.0. The number of nitrogens with zero attached hydrogens (tertiary/aromatic N) is 1. The number of aromatic hydroxyl groups is 1. The Hall–Kier alpha value is -3.89. The van der Waals surface area contributed by atoms with E-state index in [-0.39, 0.29) is 35.6 Å². The predicted octanol–water partition coefficient (Wildman–Crippen LogP) is 3.55. The SMILES string of the molecule is CC(C)[C@H]1C(=O)C(C(N)=O)=C(O)[C@]2(O)C(=O)C3=C(O)c4c(O)c(CN5CCCCC5)cc(-c5ccoc5)c4C[C@@H]3C[C@H]12. The van der Waals surface area contributed by atoms with Crippen molar-refractivity contribution >= 4 is 23.2 Å². The Morgan fingerprint density at radius 3 is 2.50 bits per heavy atom. The standard InChI is InChI=1S/C32H36N2O8/c1-15(2)22-21-12-17-10-20-19(16-6-9-42-14-16)11-18(13-34-7-4-3-5-8-34)26(35)24(20)28(37)23(17)29(38)32(21,41)30(39)25(27(22)36)31(33)40/h6,9,11,14-15,17,21-22,35,37,39,41H,3-5,7-8,10,12-13H2,1-2H3,(H2,33,40)/t17-,21-,22-,32-/m1/s1. The number of nitrogens with two attached hydrogens (primary N) is 1. The second-order valence-electron chi connectivity index (χ2n) is 12.5. The van der Waals surface area contributed by atoms with Crippen LogP contribution in [0, 0.1) is 23.7 Å². The molecular formula is C32H36N2O8. The van der Waals surface area contributed by atoms with Crippen molar-refractivity contribution in [1.82, 2.24) is 4.90 Å². The monoisotopic (exact) mass is 576 g/mol. The quantitative estimate of drug-likeness (QED) is 0.333. The summed E-state index contributed by atoms with van der Waals surface area (Å²) in [7, 11) is 0. The summed E-state index contributed by atoms with van der Waals surface area (Å²) < 4.78 is 5.37. The van der Waals surface area contributed by atoms with E-state index in [1.165, 1.54) is 0 Å². The number of rotatable bonds is 5. The number of carbonyl (C=O) groups excluding carboxylic acids is 3. The summed E-state index contributed by atoms with van der Waals surface area (Å²) in [5.74, 6) is -7.65. The Morgan fingerprint density at radius 1 is 1.17 bits per heavy atom. The number of hydrogen-bond acceptors (Lipinski definition) is 9. The molecule has 10 heteroatoms. The summed E-state index contributed by atoms with van der Waals surface area (Å²) in [6.07, 6.45) is 6.69. The molecule has 222 valence electrons. The molecule has 4 atom stereocenters. The number of phenols is 1. The molecule has 0 spiro atoms. The number of Topliss-reactive ketones (excluding diaryl/α,β-unsaturated/α-hetero) is 2. The van der Waals surface area contributed by atoms with Gasteiger partial charge in [-0.2, -0.15) is 0 Å². The maximum absolute atomic E-state index is 14.2. The van der Waals surface area contributed by atoms with Crippen LogP contribution in [-0.2, 0) is 27.3 Å². The molecule has 1 aliphatic heterocycles. The average molecular weight is 577 g/mol. The van der Waals surface area contributed by atoms with E-state index in [4.69, 9.17) is 10.2 Å². The van der Waals surface area contributed by atoms with Crippen LogP contribution in [-0.4, -0.2) is 61.5 Å². The van der Waals surface area contributed by atoms with Crippen molar-refractivity contribution in [1.29, 1.82) is 0 Å². The molecule has 1 saturated heterocycles. The molecule has 4 aliphatic rings. The molecule has 6 rings (SSSR count). The van der Waals surface area contributed by atoms with E-state index >= 15 is 0 Å². The average Bonchev–Trinajstić information content (AvgIpc) is 3.47. The van der Waals surface area contributed by atoms with Crippen LogP contribution in [0.3, 0.4) is 0 Å². The fourth-order valence-electron chi connectivity index (χ4n) is 7.76. The molecule has 42 heavy (non-hydrogen) atoms. The van der Waals surface area contributed by atoms with E-state index in [9.17, 15) is 34.8 Å². The zero-order chi connectivity index (χ0) is 30.1. The molecular weight excluding hydrogens is 540 g/mol. The highest BCUT2D eigenvalue weighted by Crippen LogP contribution is 2.55. The van der Waals surface area contributed by atoms with Crippen LogP contribution in [0.15, 0.2) is 46.0 Å².